The molecule has 0 bridgehead atoms. The Labute approximate surface area is 188 Å². The van der Waals surface area contributed by atoms with Crippen molar-refractivity contribution in [2.45, 2.75) is 43.6 Å². The van der Waals surface area contributed by atoms with E-state index in [-0.39, 0.29) is 11.8 Å². The Bertz CT molecular complexity index is 1250. The van der Waals surface area contributed by atoms with Gasteiger partial charge in [-0.1, -0.05) is 6.07 Å². The van der Waals surface area contributed by atoms with Crippen LogP contribution in [0.25, 0.3) is 5.52 Å². The van der Waals surface area contributed by atoms with E-state index in [0.29, 0.717) is 50.0 Å². The van der Waals surface area contributed by atoms with Gasteiger partial charge in [0.25, 0.3) is 11.8 Å². The minimum atomic E-state index is -0.996. The molecule has 3 saturated heterocycles. The molecule has 5 heterocycles. The molecule has 1 aromatic carbocycles. The quantitative estimate of drug-likeness (QED) is 0.599. The number of carbonyl (C=O) groups is 2. The number of rotatable bonds is 2. The molecule has 1 unspecified atom stereocenters. The number of benzene rings is 1. The molecular formula is C24H22F2N4O3. The topological polar surface area (TPSA) is 67.2 Å². The molecule has 6 rings (SSSR count). The van der Waals surface area contributed by atoms with E-state index < -0.39 is 29.5 Å². The molecule has 9 heteroatoms. The lowest BCUT2D eigenvalue weighted by Crippen LogP contribution is -2.51. The lowest BCUT2D eigenvalue weighted by Gasteiger charge is -2.37. The summed E-state index contributed by atoms with van der Waals surface area (Å²) in [6.45, 7) is 0.754. The number of aromatic nitrogens is 2. The van der Waals surface area contributed by atoms with Crippen molar-refractivity contribution >= 4 is 17.3 Å². The number of ether oxygens (including phenoxy) is 1. The molecule has 0 N–H and O–H groups in total. The predicted molar refractivity (Wildman–Crippen MR) is 113 cm³/mol. The lowest BCUT2D eigenvalue weighted by atomic mass is 9.89. The van der Waals surface area contributed by atoms with Crippen molar-refractivity contribution in [2.24, 2.45) is 0 Å². The van der Waals surface area contributed by atoms with E-state index in [1.807, 2.05) is 18.2 Å². The third-order valence-electron chi connectivity index (χ3n) is 7.09. The third-order valence-corrected chi connectivity index (χ3v) is 7.09. The first-order valence-corrected chi connectivity index (χ1v) is 11.1. The summed E-state index contributed by atoms with van der Waals surface area (Å²) in [5, 5.41) is 4.24. The highest BCUT2D eigenvalue weighted by atomic mass is 19.1. The molecule has 0 radical (unpaired) electrons. The fraction of sp³-hybridized carbons (Fsp3) is 0.375. The second-order valence-corrected chi connectivity index (χ2v) is 8.95. The first-order chi connectivity index (χ1) is 15.9. The van der Waals surface area contributed by atoms with Crippen LogP contribution in [0.3, 0.4) is 0 Å². The van der Waals surface area contributed by atoms with Gasteiger partial charge < -0.3 is 14.5 Å². The van der Waals surface area contributed by atoms with E-state index in [4.69, 9.17) is 4.74 Å². The Balaban J connectivity index is 1.20. The second-order valence-electron chi connectivity index (χ2n) is 8.95. The van der Waals surface area contributed by atoms with Crippen LogP contribution in [-0.2, 0) is 9.53 Å². The minimum Gasteiger partial charge on any atom is -0.342 e. The van der Waals surface area contributed by atoms with Crippen LogP contribution in [0.5, 0.6) is 0 Å². The zero-order valence-corrected chi connectivity index (χ0v) is 17.8. The predicted octanol–water partition coefficient (Wildman–Crippen LogP) is 3.31. The SMILES string of the molecule is O=C(c1cccc2ccnn12)N1CCC2(CC1)OC1CC[C@@H](c3cc(F)cc(F)c3)N1C2=O. The largest absolute Gasteiger partial charge is 0.342 e. The van der Waals surface area contributed by atoms with Gasteiger partial charge in [0.1, 0.15) is 23.6 Å². The molecular weight excluding hydrogens is 430 g/mol. The van der Waals surface area contributed by atoms with Gasteiger partial charge in [0, 0.05) is 32.0 Å². The number of amides is 2. The zero-order valence-electron chi connectivity index (χ0n) is 17.8. The molecule has 3 aliphatic rings. The van der Waals surface area contributed by atoms with Crippen LogP contribution in [0.15, 0.2) is 48.7 Å². The van der Waals surface area contributed by atoms with Gasteiger partial charge in [-0.05, 0) is 48.7 Å². The Kier molecular flexibility index (Phi) is 4.52. The molecule has 0 aliphatic carbocycles. The highest BCUT2D eigenvalue weighted by Gasteiger charge is 2.58. The maximum atomic E-state index is 13.8. The molecule has 1 spiro atoms. The Morgan fingerprint density at radius 3 is 2.58 bits per heavy atom. The zero-order chi connectivity index (χ0) is 22.7. The van der Waals surface area contributed by atoms with Crippen LogP contribution in [0.2, 0.25) is 0 Å². The van der Waals surface area contributed by atoms with Gasteiger partial charge in [-0.3, -0.25) is 9.59 Å². The molecule has 7 nitrogen and oxygen atoms in total. The number of likely N-dealkylation sites (tertiary alicyclic amines) is 1. The maximum absolute atomic E-state index is 13.8. The standard InChI is InChI=1S/C24H22F2N4O3/c25-16-12-15(13-17(26)14-16)19-4-5-21-29(19)23(32)24(33-21)7-10-28(11-8-24)22(31)20-3-1-2-18-6-9-27-30(18)20/h1-3,6,9,12-14,19,21H,4-5,7-8,10-11H2/t19-,21?/m0/s1. The molecule has 2 amide bonds. The van der Waals surface area contributed by atoms with Crippen molar-refractivity contribution in [1.82, 2.24) is 19.4 Å². The highest BCUT2D eigenvalue weighted by Crippen LogP contribution is 2.47. The summed E-state index contributed by atoms with van der Waals surface area (Å²) < 4.78 is 35.5. The van der Waals surface area contributed by atoms with Crippen LogP contribution in [0.1, 0.15) is 47.8 Å². The number of pyridine rings is 1. The molecule has 3 aromatic rings. The number of nitrogens with zero attached hydrogens (tertiary/aromatic N) is 4. The van der Waals surface area contributed by atoms with E-state index in [9.17, 15) is 18.4 Å². The van der Waals surface area contributed by atoms with Gasteiger partial charge in [0.15, 0.2) is 5.60 Å². The Morgan fingerprint density at radius 2 is 1.82 bits per heavy atom. The van der Waals surface area contributed by atoms with Crippen molar-refractivity contribution in [3.63, 3.8) is 0 Å². The molecule has 2 atom stereocenters. The first kappa shape index (κ1) is 20.3. The van der Waals surface area contributed by atoms with Crippen LogP contribution >= 0.6 is 0 Å². The van der Waals surface area contributed by atoms with Gasteiger partial charge in [-0.15, -0.1) is 0 Å². The number of fused-ring (bicyclic) bond motifs is 2. The lowest BCUT2D eigenvalue weighted by molar-refractivity contribution is -0.142. The summed E-state index contributed by atoms with van der Waals surface area (Å²) in [6.07, 6.45) is 3.20. The number of halogens is 2. The van der Waals surface area contributed by atoms with Crippen LogP contribution < -0.4 is 0 Å². The van der Waals surface area contributed by atoms with E-state index in [0.717, 1.165) is 11.6 Å². The fourth-order valence-corrected chi connectivity index (χ4v) is 5.48. The minimum absolute atomic E-state index is 0.141. The summed E-state index contributed by atoms with van der Waals surface area (Å²) in [5.41, 5.74) is 0.762. The fourth-order valence-electron chi connectivity index (χ4n) is 5.48. The van der Waals surface area contributed by atoms with Gasteiger partial charge in [-0.2, -0.15) is 5.10 Å². The smallest absolute Gasteiger partial charge is 0.272 e. The van der Waals surface area contributed by atoms with Gasteiger partial charge in [0.05, 0.1) is 17.8 Å². The van der Waals surface area contributed by atoms with E-state index in [1.54, 1.807) is 26.6 Å². The summed E-state index contributed by atoms with van der Waals surface area (Å²) in [6, 6.07) is 10.3. The Morgan fingerprint density at radius 1 is 1.06 bits per heavy atom. The first-order valence-electron chi connectivity index (χ1n) is 11.1. The molecule has 0 saturated carbocycles. The number of hydrogen-bond acceptors (Lipinski definition) is 4. The van der Waals surface area contributed by atoms with Crippen molar-refractivity contribution in [2.75, 3.05) is 13.1 Å². The molecule has 170 valence electrons. The number of hydrogen-bond donors (Lipinski definition) is 0. The van der Waals surface area contributed by atoms with Crippen LogP contribution in [0, 0.1) is 11.6 Å². The monoisotopic (exact) mass is 452 g/mol. The average molecular weight is 452 g/mol. The second kappa shape index (κ2) is 7.34. The van der Waals surface area contributed by atoms with Gasteiger partial charge in [0.2, 0.25) is 0 Å². The average Bonchev–Trinajstić information content (AvgIpc) is 3.50. The van der Waals surface area contributed by atoms with Crippen LogP contribution in [-0.4, -0.2) is 56.1 Å². The Hall–Kier alpha value is -3.33. The molecule has 33 heavy (non-hydrogen) atoms. The molecule has 3 fully saturated rings. The maximum Gasteiger partial charge on any atom is 0.272 e. The molecule has 2 aromatic heterocycles. The van der Waals surface area contributed by atoms with E-state index in [1.165, 1.54) is 12.1 Å². The summed E-state index contributed by atoms with van der Waals surface area (Å²) in [5.74, 6) is -1.61. The van der Waals surface area contributed by atoms with Crippen molar-refractivity contribution in [1.29, 1.82) is 0 Å². The van der Waals surface area contributed by atoms with Crippen LogP contribution in [0.4, 0.5) is 8.78 Å². The van der Waals surface area contributed by atoms with Crippen molar-refractivity contribution in [3.05, 3.63) is 71.6 Å². The van der Waals surface area contributed by atoms with Crippen molar-refractivity contribution in [3.8, 4) is 0 Å². The van der Waals surface area contributed by atoms with E-state index >= 15 is 0 Å². The third kappa shape index (κ3) is 3.13. The van der Waals surface area contributed by atoms with Crippen molar-refractivity contribution < 1.29 is 23.1 Å². The van der Waals surface area contributed by atoms with Gasteiger partial charge >= 0.3 is 0 Å². The van der Waals surface area contributed by atoms with E-state index in [2.05, 4.69) is 5.10 Å². The van der Waals surface area contributed by atoms with Gasteiger partial charge in [-0.25, -0.2) is 13.3 Å². The summed E-state index contributed by atoms with van der Waals surface area (Å²) in [7, 11) is 0. The number of piperidine rings is 1. The summed E-state index contributed by atoms with van der Waals surface area (Å²) >= 11 is 0. The normalized spacial score (nSPS) is 24.1. The molecule has 3 aliphatic heterocycles. The summed E-state index contributed by atoms with van der Waals surface area (Å²) in [4.78, 5) is 30.0. The number of carbonyl (C=O) groups excluding carboxylic acids is 2. The highest BCUT2D eigenvalue weighted by molar-refractivity contribution is 5.94.